The number of amides is 2. The molecule has 0 radical (unpaired) electrons. The van der Waals surface area contributed by atoms with Crippen molar-refractivity contribution in [3.8, 4) is 0 Å². The third-order valence-electron chi connectivity index (χ3n) is 4.39. The maximum Gasteiger partial charge on any atom is 0.407 e. The topological polar surface area (TPSA) is 98.1 Å². The number of benzene rings is 1. The number of carbonyl (C=O) groups is 2. The van der Waals surface area contributed by atoms with Crippen molar-refractivity contribution in [2.75, 3.05) is 13.1 Å². The third kappa shape index (κ3) is 4.57. The van der Waals surface area contributed by atoms with Gasteiger partial charge < -0.3 is 19.9 Å². The zero-order valence-electron chi connectivity index (χ0n) is 16.2. The highest BCUT2D eigenvalue weighted by Gasteiger charge is 2.15. The molecule has 3 aromatic rings. The molecule has 8 nitrogen and oxygen atoms in total. The molecule has 0 saturated carbocycles. The minimum Gasteiger partial charge on any atom is -0.441 e. The monoisotopic (exact) mass is 383 g/mol. The first-order chi connectivity index (χ1) is 13.6. The predicted molar refractivity (Wildman–Crippen MR) is 107 cm³/mol. The summed E-state index contributed by atoms with van der Waals surface area (Å²) in [6.07, 6.45) is 2.99. The second kappa shape index (κ2) is 9.16. The number of hydrogen-bond donors (Lipinski definition) is 2. The first kappa shape index (κ1) is 19.6. The molecule has 8 heteroatoms. The number of unbranched alkanes of at least 4 members (excludes halogenated alkanes) is 1. The molecule has 2 N–H and O–H groups in total. The van der Waals surface area contributed by atoms with Gasteiger partial charge in [-0.1, -0.05) is 18.2 Å². The Morgan fingerprint density at radius 2 is 1.96 bits per heavy atom. The number of alkyl carbamates (subject to hydrolysis) is 1. The molecule has 3 rings (SSSR count). The van der Waals surface area contributed by atoms with Crippen LogP contribution in [0.15, 0.2) is 30.5 Å². The Morgan fingerprint density at radius 1 is 1.14 bits per heavy atom. The van der Waals surface area contributed by atoms with E-state index in [-0.39, 0.29) is 12.5 Å². The number of nitrogens with one attached hydrogen (secondary N) is 2. The lowest BCUT2D eigenvalue weighted by Gasteiger charge is -2.11. The predicted octanol–water partition coefficient (Wildman–Crippen LogP) is 2.75. The van der Waals surface area contributed by atoms with Gasteiger partial charge in [0.15, 0.2) is 6.61 Å². The van der Waals surface area contributed by atoms with Crippen molar-refractivity contribution in [1.29, 1.82) is 0 Å². The Balaban J connectivity index is 1.88. The summed E-state index contributed by atoms with van der Waals surface area (Å²) in [5, 5.41) is 6.44. The van der Waals surface area contributed by atoms with Crippen molar-refractivity contribution < 1.29 is 14.3 Å². The Kier molecular flexibility index (Phi) is 6.41. The zero-order chi connectivity index (χ0) is 19.9. The average Bonchev–Trinajstić information content (AvgIpc) is 3.04. The number of para-hydroxylation sites is 1. The van der Waals surface area contributed by atoms with Crippen LogP contribution >= 0.6 is 0 Å². The van der Waals surface area contributed by atoms with Crippen molar-refractivity contribution >= 4 is 33.9 Å². The number of aryl methyl sites for hydroxylation is 1. The molecule has 0 saturated heterocycles. The van der Waals surface area contributed by atoms with Crippen molar-refractivity contribution in [3.63, 3.8) is 0 Å². The number of ether oxygens (including phenoxy) is 1. The fourth-order valence-electron chi connectivity index (χ4n) is 3.15. The van der Waals surface area contributed by atoms with Crippen LogP contribution in [0.3, 0.4) is 0 Å². The van der Waals surface area contributed by atoms with Crippen LogP contribution in [0.1, 0.15) is 32.5 Å². The normalized spacial score (nSPS) is 10.9. The highest BCUT2D eigenvalue weighted by atomic mass is 16.5. The number of rotatable bonds is 8. The highest BCUT2D eigenvalue weighted by molar-refractivity contribution is 6.02. The van der Waals surface area contributed by atoms with Gasteiger partial charge in [-0.2, -0.15) is 0 Å². The number of fused-ring (bicyclic) bond motifs is 3. The smallest absolute Gasteiger partial charge is 0.407 e. The van der Waals surface area contributed by atoms with E-state index in [1.165, 1.54) is 6.92 Å². The van der Waals surface area contributed by atoms with Gasteiger partial charge in [-0.25, -0.2) is 9.78 Å². The van der Waals surface area contributed by atoms with Crippen LogP contribution in [0.4, 0.5) is 4.79 Å². The Labute approximate surface area is 163 Å². The van der Waals surface area contributed by atoms with Crippen LogP contribution in [0.2, 0.25) is 0 Å². The standard InChI is InChI=1S/C20H25N5O3/c1-3-21-20(27)28-13-18-24-17-12-23-16-9-5-4-8-15(16)19(17)25(18)11-7-6-10-22-14(2)26/h4-5,8-9,12H,3,6-7,10-11,13H2,1-2H3,(H,21,27)(H,22,26). The lowest BCUT2D eigenvalue weighted by molar-refractivity contribution is -0.118. The Hall–Kier alpha value is -3.16. The lowest BCUT2D eigenvalue weighted by atomic mass is 10.2. The van der Waals surface area contributed by atoms with Gasteiger partial charge in [-0.05, 0) is 25.8 Å². The van der Waals surface area contributed by atoms with Crippen molar-refractivity contribution in [2.24, 2.45) is 0 Å². The number of pyridine rings is 1. The maximum atomic E-state index is 11.7. The van der Waals surface area contributed by atoms with Gasteiger partial charge in [0.2, 0.25) is 5.91 Å². The van der Waals surface area contributed by atoms with Crippen LogP contribution in [0.5, 0.6) is 0 Å². The summed E-state index contributed by atoms with van der Waals surface area (Å²) in [6, 6.07) is 7.92. The van der Waals surface area contributed by atoms with Crippen LogP contribution in [0, 0.1) is 0 Å². The van der Waals surface area contributed by atoms with Crippen LogP contribution in [-0.4, -0.2) is 39.6 Å². The molecular weight excluding hydrogens is 358 g/mol. The summed E-state index contributed by atoms with van der Waals surface area (Å²) >= 11 is 0. The molecular formula is C20H25N5O3. The molecule has 2 aromatic heterocycles. The third-order valence-corrected chi connectivity index (χ3v) is 4.39. The zero-order valence-corrected chi connectivity index (χ0v) is 16.2. The number of hydrogen-bond acceptors (Lipinski definition) is 5. The minimum atomic E-state index is -0.463. The van der Waals surface area contributed by atoms with Gasteiger partial charge in [0.05, 0.1) is 17.2 Å². The first-order valence-electron chi connectivity index (χ1n) is 9.48. The van der Waals surface area contributed by atoms with E-state index < -0.39 is 6.09 Å². The molecule has 0 atom stereocenters. The second-order valence-corrected chi connectivity index (χ2v) is 6.49. The van der Waals surface area contributed by atoms with E-state index in [9.17, 15) is 9.59 Å². The number of nitrogens with zero attached hydrogens (tertiary/aromatic N) is 3. The van der Waals surface area contributed by atoms with Crippen molar-refractivity contribution in [1.82, 2.24) is 25.2 Å². The van der Waals surface area contributed by atoms with Gasteiger partial charge in [-0.3, -0.25) is 9.78 Å². The van der Waals surface area contributed by atoms with E-state index in [1.807, 2.05) is 31.2 Å². The number of carbonyl (C=O) groups excluding carboxylic acids is 2. The van der Waals surface area contributed by atoms with Crippen LogP contribution in [0.25, 0.3) is 21.9 Å². The van der Waals surface area contributed by atoms with Gasteiger partial charge in [0, 0.05) is 31.9 Å². The minimum absolute atomic E-state index is 0.0267. The first-order valence-corrected chi connectivity index (χ1v) is 9.48. The summed E-state index contributed by atoms with van der Waals surface area (Å²) in [5.74, 6) is 0.653. The molecule has 0 aliphatic heterocycles. The van der Waals surface area contributed by atoms with Gasteiger partial charge in [0.25, 0.3) is 0 Å². The van der Waals surface area contributed by atoms with E-state index in [0.29, 0.717) is 25.5 Å². The maximum absolute atomic E-state index is 11.7. The Bertz CT molecular complexity index is 983. The van der Waals surface area contributed by atoms with Crippen LogP contribution < -0.4 is 10.6 Å². The molecule has 0 aliphatic rings. The van der Waals surface area contributed by atoms with E-state index in [0.717, 1.165) is 34.8 Å². The molecule has 28 heavy (non-hydrogen) atoms. The molecule has 2 heterocycles. The average molecular weight is 383 g/mol. The SMILES string of the molecule is CCNC(=O)OCc1nc2cnc3ccccc3c2n1CCCCNC(C)=O. The largest absolute Gasteiger partial charge is 0.441 e. The molecule has 2 amide bonds. The summed E-state index contributed by atoms with van der Waals surface area (Å²) < 4.78 is 7.39. The molecule has 0 fully saturated rings. The molecule has 148 valence electrons. The molecule has 0 spiro atoms. The lowest BCUT2D eigenvalue weighted by Crippen LogP contribution is -2.24. The Morgan fingerprint density at radius 3 is 2.75 bits per heavy atom. The van der Waals surface area contributed by atoms with E-state index in [1.54, 1.807) is 6.20 Å². The fourth-order valence-corrected chi connectivity index (χ4v) is 3.15. The molecule has 1 aromatic carbocycles. The molecule has 0 unspecified atom stereocenters. The summed E-state index contributed by atoms with van der Waals surface area (Å²) in [7, 11) is 0. The number of aromatic nitrogens is 3. The highest BCUT2D eigenvalue weighted by Crippen LogP contribution is 2.25. The summed E-state index contributed by atoms with van der Waals surface area (Å²) in [6.45, 7) is 5.28. The van der Waals surface area contributed by atoms with Crippen molar-refractivity contribution in [2.45, 2.75) is 39.8 Å². The number of imidazole rings is 1. The van der Waals surface area contributed by atoms with Crippen molar-refractivity contribution in [3.05, 3.63) is 36.3 Å². The van der Waals surface area contributed by atoms with Crippen LogP contribution in [-0.2, 0) is 22.7 Å². The fraction of sp³-hybridized carbons (Fsp3) is 0.400. The summed E-state index contributed by atoms with van der Waals surface area (Å²) in [5.41, 5.74) is 2.65. The quantitative estimate of drug-likeness (QED) is 0.583. The second-order valence-electron chi connectivity index (χ2n) is 6.49. The summed E-state index contributed by atoms with van der Waals surface area (Å²) in [4.78, 5) is 31.8. The van der Waals surface area contributed by atoms with Gasteiger partial charge in [-0.15, -0.1) is 0 Å². The van der Waals surface area contributed by atoms with E-state index >= 15 is 0 Å². The molecule has 0 bridgehead atoms. The van der Waals surface area contributed by atoms with Gasteiger partial charge in [0.1, 0.15) is 11.3 Å². The van der Waals surface area contributed by atoms with E-state index in [2.05, 4.69) is 25.2 Å². The van der Waals surface area contributed by atoms with Gasteiger partial charge >= 0.3 is 6.09 Å². The molecule has 0 aliphatic carbocycles. The van der Waals surface area contributed by atoms with E-state index in [4.69, 9.17) is 4.74 Å².